The van der Waals surface area contributed by atoms with Gasteiger partial charge in [-0.05, 0) is 32.1 Å². The van der Waals surface area contributed by atoms with Gasteiger partial charge in [-0.2, -0.15) is 5.26 Å². The van der Waals surface area contributed by atoms with Crippen molar-refractivity contribution in [3.05, 3.63) is 11.4 Å². The highest BCUT2D eigenvalue weighted by Crippen LogP contribution is 2.40. The van der Waals surface area contributed by atoms with Gasteiger partial charge >= 0.3 is 0 Å². The minimum Gasteiger partial charge on any atom is -0.292 e. The van der Waals surface area contributed by atoms with Crippen molar-refractivity contribution < 1.29 is 4.79 Å². The summed E-state index contributed by atoms with van der Waals surface area (Å²) in [7, 11) is 0. The molecule has 1 aliphatic rings. The molecule has 100 valence electrons. The maximum atomic E-state index is 12.1. The van der Waals surface area contributed by atoms with Crippen LogP contribution in [-0.2, 0) is 17.6 Å². The Labute approximate surface area is 112 Å². The van der Waals surface area contributed by atoms with Gasteiger partial charge in [-0.15, -0.1) is 10.2 Å². The van der Waals surface area contributed by atoms with Crippen LogP contribution >= 0.6 is 0 Å². The first-order valence-electron chi connectivity index (χ1n) is 6.60. The van der Waals surface area contributed by atoms with Crippen molar-refractivity contribution in [2.24, 2.45) is 5.41 Å². The number of aryl methyl sites for hydroxylation is 2. The number of hydrogen-bond donors (Lipinski definition) is 1. The van der Waals surface area contributed by atoms with E-state index in [1.54, 1.807) is 0 Å². The minimum absolute atomic E-state index is 0.195. The number of amides is 1. The molecule has 0 spiro atoms. The largest absolute Gasteiger partial charge is 0.292 e. The van der Waals surface area contributed by atoms with E-state index in [-0.39, 0.29) is 11.9 Å². The third kappa shape index (κ3) is 2.41. The van der Waals surface area contributed by atoms with Crippen LogP contribution in [0.15, 0.2) is 0 Å². The van der Waals surface area contributed by atoms with Crippen LogP contribution in [0.2, 0.25) is 0 Å². The molecule has 0 aromatic carbocycles. The molecule has 6 heteroatoms. The van der Waals surface area contributed by atoms with Gasteiger partial charge in [-0.3, -0.25) is 10.1 Å². The Morgan fingerprint density at radius 1 is 1.32 bits per heavy atom. The van der Waals surface area contributed by atoms with E-state index >= 15 is 0 Å². The lowest BCUT2D eigenvalue weighted by Gasteiger charge is -2.32. The van der Waals surface area contributed by atoms with Crippen LogP contribution in [-0.4, -0.2) is 21.1 Å². The van der Waals surface area contributed by atoms with Crippen LogP contribution in [0, 0.1) is 16.7 Å². The summed E-state index contributed by atoms with van der Waals surface area (Å²) in [6, 6.07) is 2.10. The third-order valence-corrected chi connectivity index (χ3v) is 3.59. The Morgan fingerprint density at radius 2 is 2.00 bits per heavy atom. The van der Waals surface area contributed by atoms with Gasteiger partial charge < -0.3 is 0 Å². The van der Waals surface area contributed by atoms with Gasteiger partial charge in [0.25, 0.3) is 0 Å². The van der Waals surface area contributed by atoms with Crippen molar-refractivity contribution >= 4 is 11.9 Å². The molecule has 1 saturated carbocycles. The molecule has 0 unspecified atom stereocenters. The molecule has 1 aromatic heterocycles. The molecule has 0 atom stereocenters. The second kappa shape index (κ2) is 5.31. The van der Waals surface area contributed by atoms with Crippen LogP contribution in [0.5, 0.6) is 0 Å². The zero-order valence-electron chi connectivity index (χ0n) is 11.2. The summed E-state index contributed by atoms with van der Waals surface area (Å²) in [4.78, 5) is 16.4. The monoisotopic (exact) mass is 259 g/mol. The van der Waals surface area contributed by atoms with Crippen molar-refractivity contribution in [3.63, 3.8) is 0 Å². The number of nitrogens with zero attached hydrogens (tertiary/aromatic N) is 4. The molecule has 1 fully saturated rings. The van der Waals surface area contributed by atoms with Crippen LogP contribution in [0.25, 0.3) is 0 Å². The highest BCUT2D eigenvalue weighted by Gasteiger charge is 2.45. The normalized spacial score (nSPS) is 16.3. The van der Waals surface area contributed by atoms with Gasteiger partial charge in [-0.25, -0.2) is 4.98 Å². The Kier molecular flexibility index (Phi) is 3.74. The van der Waals surface area contributed by atoms with Gasteiger partial charge in [0.15, 0.2) is 0 Å². The number of anilines is 1. The van der Waals surface area contributed by atoms with Crippen LogP contribution in [0.4, 0.5) is 5.95 Å². The number of carbonyl (C=O) groups excluding carboxylic acids is 1. The quantitative estimate of drug-likeness (QED) is 0.887. The van der Waals surface area contributed by atoms with E-state index in [9.17, 15) is 4.79 Å². The Bertz CT molecular complexity index is 530. The molecule has 0 radical (unpaired) electrons. The summed E-state index contributed by atoms with van der Waals surface area (Å²) in [5.41, 5.74) is 0.797. The van der Waals surface area contributed by atoms with Crippen molar-refractivity contribution in [3.8, 4) is 6.07 Å². The van der Waals surface area contributed by atoms with E-state index in [0.29, 0.717) is 12.8 Å². The molecule has 19 heavy (non-hydrogen) atoms. The highest BCUT2D eigenvalue weighted by atomic mass is 16.2. The lowest BCUT2D eigenvalue weighted by atomic mass is 9.69. The molecular weight excluding hydrogens is 242 g/mol. The van der Waals surface area contributed by atoms with Gasteiger partial charge in [-0.1, -0.05) is 13.8 Å². The molecule has 0 aliphatic heterocycles. The van der Waals surface area contributed by atoms with E-state index in [1.165, 1.54) is 0 Å². The summed E-state index contributed by atoms with van der Waals surface area (Å²) in [6.45, 7) is 3.97. The zero-order valence-corrected chi connectivity index (χ0v) is 11.2. The second-order valence-electron chi connectivity index (χ2n) is 4.74. The van der Waals surface area contributed by atoms with Crippen molar-refractivity contribution in [1.29, 1.82) is 5.26 Å². The lowest BCUT2D eigenvalue weighted by Crippen LogP contribution is -2.41. The number of carbonyl (C=O) groups is 1. The molecule has 1 heterocycles. The fourth-order valence-electron chi connectivity index (χ4n) is 2.13. The Hall–Kier alpha value is -2.03. The smallest absolute Gasteiger partial charge is 0.249 e. The first kappa shape index (κ1) is 13.4. The molecule has 6 nitrogen and oxygen atoms in total. The van der Waals surface area contributed by atoms with E-state index in [2.05, 4.69) is 26.6 Å². The fourth-order valence-corrected chi connectivity index (χ4v) is 2.13. The van der Waals surface area contributed by atoms with E-state index in [1.807, 2.05) is 13.8 Å². The van der Waals surface area contributed by atoms with Gasteiger partial charge in [0, 0.05) is 0 Å². The molecule has 0 saturated heterocycles. The zero-order chi connectivity index (χ0) is 13.9. The van der Waals surface area contributed by atoms with Gasteiger partial charge in [0.2, 0.25) is 11.9 Å². The standard InChI is InChI=1S/C13H17N5O/c1-3-9-10(4-2)17-18-12(15-9)16-11(19)13(8-14)6-5-7-13/h3-7H2,1-2H3,(H,15,16,18,19). The summed E-state index contributed by atoms with van der Waals surface area (Å²) in [5, 5.41) is 19.7. The number of hydrogen-bond acceptors (Lipinski definition) is 5. The SMILES string of the molecule is CCc1nnc(NC(=O)C2(C#N)CCC2)nc1CC. The summed E-state index contributed by atoms with van der Waals surface area (Å²) >= 11 is 0. The molecule has 1 amide bonds. The summed E-state index contributed by atoms with van der Waals surface area (Å²) in [5.74, 6) is -0.116. The molecule has 1 aromatic rings. The van der Waals surface area contributed by atoms with Crippen molar-refractivity contribution in [2.45, 2.75) is 46.0 Å². The van der Waals surface area contributed by atoms with E-state index in [4.69, 9.17) is 5.26 Å². The average Bonchev–Trinajstić information content (AvgIpc) is 2.38. The van der Waals surface area contributed by atoms with Crippen LogP contribution < -0.4 is 5.32 Å². The molecule has 1 aliphatic carbocycles. The number of nitrogens with one attached hydrogen (secondary N) is 1. The van der Waals surface area contributed by atoms with Gasteiger partial charge in [0.1, 0.15) is 5.41 Å². The maximum absolute atomic E-state index is 12.1. The third-order valence-electron chi connectivity index (χ3n) is 3.59. The molecular formula is C13H17N5O. The number of nitriles is 1. The Balaban J connectivity index is 2.16. The predicted octanol–water partition coefficient (Wildman–Crippen LogP) is 1.63. The van der Waals surface area contributed by atoms with E-state index < -0.39 is 5.41 Å². The Morgan fingerprint density at radius 3 is 2.47 bits per heavy atom. The van der Waals surface area contributed by atoms with Crippen molar-refractivity contribution in [2.75, 3.05) is 5.32 Å². The summed E-state index contributed by atoms with van der Waals surface area (Å²) < 4.78 is 0. The number of aromatic nitrogens is 3. The second-order valence-corrected chi connectivity index (χ2v) is 4.74. The fraction of sp³-hybridized carbons (Fsp3) is 0.615. The van der Waals surface area contributed by atoms with Crippen LogP contribution in [0.1, 0.15) is 44.5 Å². The van der Waals surface area contributed by atoms with Crippen molar-refractivity contribution in [1.82, 2.24) is 15.2 Å². The number of rotatable bonds is 4. The molecule has 0 bridgehead atoms. The topological polar surface area (TPSA) is 91.6 Å². The van der Waals surface area contributed by atoms with Gasteiger partial charge in [0.05, 0.1) is 17.5 Å². The van der Waals surface area contributed by atoms with Crippen LogP contribution in [0.3, 0.4) is 0 Å². The lowest BCUT2D eigenvalue weighted by molar-refractivity contribution is -0.126. The predicted molar refractivity (Wildman–Crippen MR) is 69.1 cm³/mol. The minimum atomic E-state index is -0.890. The molecule has 2 rings (SSSR count). The maximum Gasteiger partial charge on any atom is 0.249 e. The average molecular weight is 259 g/mol. The molecule has 1 N–H and O–H groups in total. The summed E-state index contributed by atoms with van der Waals surface area (Å²) in [6.07, 6.45) is 3.63. The first-order chi connectivity index (χ1) is 9.15. The van der Waals surface area contributed by atoms with E-state index in [0.717, 1.165) is 30.7 Å². The highest BCUT2D eigenvalue weighted by molar-refractivity contribution is 5.96. The first-order valence-corrected chi connectivity index (χ1v) is 6.60.